The first-order valence-electron chi connectivity index (χ1n) is 7.15. The third kappa shape index (κ3) is 3.45. The molecule has 2 nitrogen and oxygen atoms in total. The van der Waals surface area contributed by atoms with Gasteiger partial charge in [-0.3, -0.25) is 4.79 Å². The number of aryl methyl sites for hydroxylation is 1. The Hall–Kier alpha value is -0.350. The van der Waals surface area contributed by atoms with Gasteiger partial charge in [-0.15, -0.1) is 0 Å². The van der Waals surface area contributed by atoms with Crippen LogP contribution in [-0.4, -0.2) is 22.1 Å². The van der Waals surface area contributed by atoms with E-state index < -0.39 is 0 Å². The van der Waals surface area contributed by atoms with Gasteiger partial charge in [-0.2, -0.15) is 0 Å². The molecule has 0 spiro atoms. The van der Waals surface area contributed by atoms with Gasteiger partial charge in [0.05, 0.1) is 5.54 Å². The number of carbonyl (C=O) groups excluding carboxylic acids is 1. The van der Waals surface area contributed by atoms with Crippen LogP contribution in [0.5, 0.6) is 0 Å². The quantitative estimate of drug-likeness (QED) is 0.744. The maximum absolute atomic E-state index is 12.5. The average Bonchev–Trinajstić information content (AvgIpc) is 2.52. The summed E-state index contributed by atoms with van der Waals surface area (Å²) in [6.45, 7) is 2.11. The van der Waals surface area contributed by atoms with E-state index in [4.69, 9.17) is 0 Å². The molecule has 1 aliphatic carbocycles. The van der Waals surface area contributed by atoms with Crippen LogP contribution in [0.2, 0.25) is 0 Å². The van der Waals surface area contributed by atoms with Crippen LogP contribution in [0.15, 0.2) is 24.3 Å². The molecule has 1 aromatic carbocycles. The van der Waals surface area contributed by atoms with E-state index in [0.717, 1.165) is 36.3 Å². The predicted molar refractivity (Wildman–Crippen MR) is 90.7 cm³/mol. The molecule has 0 saturated heterocycles. The van der Waals surface area contributed by atoms with Crippen LogP contribution in [0.3, 0.4) is 0 Å². The maximum atomic E-state index is 12.5. The highest BCUT2D eigenvalue weighted by molar-refractivity contribution is 9.09. The van der Waals surface area contributed by atoms with Crippen molar-refractivity contribution in [3.63, 3.8) is 0 Å². The summed E-state index contributed by atoms with van der Waals surface area (Å²) in [6.07, 6.45) is 3.74. The van der Waals surface area contributed by atoms with E-state index in [1.807, 2.05) is 0 Å². The summed E-state index contributed by atoms with van der Waals surface area (Å²) >= 11 is 7.05. The van der Waals surface area contributed by atoms with Gasteiger partial charge in [0.1, 0.15) is 0 Å². The summed E-state index contributed by atoms with van der Waals surface area (Å²) in [5, 5.41) is 4.80. The SMILES string of the molecule is CCC(CBr)(CBr)NC(=O)C1CCc2ccccc2C1. The first-order valence-corrected chi connectivity index (χ1v) is 9.39. The summed E-state index contributed by atoms with van der Waals surface area (Å²) in [4.78, 5) is 12.5. The number of hydrogen-bond acceptors (Lipinski definition) is 1. The Kier molecular flexibility index (Phi) is 5.67. The van der Waals surface area contributed by atoms with Crippen molar-refractivity contribution in [1.29, 1.82) is 0 Å². The van der Waals surface area contributed by atoms with Gasteiger partial charge in [0.2, 0.25) is 5.91 Å². The zero-order chi connectivity index (χ0) is 14.6. The van der Waals surface area contributed by atoms with Gasteiger partial charge in [0.15, 0.2) is 0 Å². The number of hydrogen-bond donors (Lipinski definition) is 1. The van der Waals surface area contributed by atoms with E-state index in [-0.39, 0.29) is 17.4 Å². The number of nitrogens with one attached hydrogen (secondary N) is 1. The molecule has 0 bridgehead atoms. The highest BCUT2D eigenvalue weighted by Gasteiger charge is 2.32. The normalized spacial score (nSPS) is 18.4. The van der Waals surface area contributed by atoms with Gasteiger partial charge >= 0.3 is 0 Å². The highest BCUT2D eigenvalue weighted by atomic mass is 79.9. The monoisotopic (exact) mass is 401 g/mol. The highest BCUT2D eigenvalue weighted by Crippen LogP contribution is 2.27. The van der Waals surface area contributed by atoms with Crippen molar-refractivity contribution >= 4 is 37.8 Å². The number of rotatable bonds is 5. The van der Waals surface area contributed by atoms with Crippen molar-refractivity contribution < 1.29 is 4.79 Å². The minimum atomic E-state index is -0.173. The number of amides is 1. The Morgan fingerprint density at radius 2 is 1.95 bits per heavy atom. The molecule has 1 amide bonds. The van der Waals surface area contributed by atoms with Crippen LogP contribution in [0, 0.1) is 5.92 Å². The standard InChI is InChI=1S/C16H21Br2NO/c1-2-16(10-17,11-18)19-15(20)14-8-7-12-5-3-4-6-13(12)9-14/h3-6,14H,2,7-11H2,1H3,(H,19,20). The molecule has 1 aromatic rings. The van der Waals surface area contributed by atoms with Crippen molar-refractivity contribution in [3.8, 4) is 0 Å². The van der Waals surface area contributed by atoms with Gasteiger partial charge in [-0.05, 0) is 36.8 Å². The molecule has 0 aliphatic heterocycles. The molecular weight excluding hydrogens is 382 g/mol. The number of fused-ring (bicyclic) bond motifs is 1. The smallest absolute Gasteiger partial charge is 0.223 e. The Labute approximate surface area is 138 Å². The third-order valence-corrected chi connectivity index (χ3v) is 6.44. The summed E-state index contributed by atoms with van der Waals surface area (Å²) in [5.41, 5.74) is 2.56. The Bertz CT molecular complexity index is 463. The van der Waals surface area contributed by atoms with Gasteiger partial charge < -0.3 is 5.32 Å². The average molecular weight is 403 g/mol. The molecule has 20 heavy (non-hydrogen) atoms. The number of benzene rings is 1. The molecule has 1 N–H and O–H groups in total. The number of halogens is 2. The Morgan fingerprint density at radius 1 is 1.30 bits per heavy atom. The predicted octanol–water partition coefficient (Wildman–Crippen LogP) is 3.85. The molecule has 0 fully saturated rings. The van der Waals surface area contributed by atoms with Crippen molar-refractivity contribution in [2.24, 2.45) is 5.92 Å². The Morgan fingerprint density at radius 3 is 2.55 bits per heavy atom. The number of carbonyl (C=O) groups is 1. The van der Waals surface area contributed by atoms with Crippen molar-refractivity contribution in [1.82, 2.24) is 5.32 Å². The second-order valence-corrected chi connectivity index (χ2v) is 6.72. The van der Waals surface area contributed by atoms with E-state index >= 15 is 0 Å². The van der Waals surface area contributed by atoms with Crippen LogP contribution in [0.25, 0.3) is 0 Å². The van der Waals surface area contributed by atoms with E-state index in [1.54, 1.807) is 0 Å². The van der Waals surface area contributed by atoms with Gasteiger partial charge in [-0.25, -0.2) is 0 Å². The van der Waals surface area contributed by atoms with E-state index in [2.05, 4.69) is 68.4 Å². The van der Waals surface area contributed by atoms with Gasteiger partial charge in [0.25, 0.3) is 0 Å². The number of alkyl halides is 2. The molecule has 2 rings (SSSR count). The molecule has 0 heterocycles. The molecule has 1 atom stereocenters. The van der Waals surface area contributed by atoms with E-state index in [9.17, 15) is 4.79 Å². The molecule has 0 radical (unpaired) electrons. The molecule has 110 valence electrons. The second-order valence-electron chi connectivity index (χ2n) is 5.60. The zero-order valence-electron chi connectivity index (χ0n) is 11.8. The minimum absolute atomic E-state index is 0.105. The van der Waals surface area contributed by atoms with Crippen molar-refractivity contribution in [2.75, 3.05) is 10.7 Å². The fourth-order valence-electron chi connectivity index (χ4n) is 2.66. The molecule has 0 saturated carbocycles. The van der Waals surface area contributed by atoms with Gasteiger partial charge in [0, 0.05) is 16.6 Å². The Balaban J connectivity index is 2.05. The lowest BCUT2D eigenvalue weighted by Gasteiger charge is -2.33. The lowest BCUT2D eigenvalue weighted by atomic mass is 9.83. The fourth-order valence-corrected chi connectivity index (χ4v) is 4.67. The first-order chi connectivity index (χ1) is 9.64. The summed E-state index contributed by atoms with van der Waals surface area (Å²) < 4.78 is 0. The molecule has 1 aliphatic rings. The summed E-state index contributed by atoms with van der Waals surface area (Å²) in [7, 11) is 0. The lowest BCUT2D eigenvalue weighted by molar-refractivity contribution is -0.126. The third-order valence-electron chi connectivity index (χ3n) is 4.29. The molecular formula is C16H21Br2NO. The van der Waals surface area contributed by atoms with Crippen LogP contribution in [-0.2, 0) is 17.6 Å². The zero-order valence-corrected chi connectivity index (χ0v) is 15.0. The van der Waals surface area contributed by atoms with E-state index in [1.165, 1.54) is 11.1 Å². The fraction of sp³-hybridized carbons (Fsp3) is 0.562. The molecule has 1 unspecified atom stereocenters. The van der Waals surface area contributed by atoms with Crippen LogP contribution in [0.4, 0.5) is 0 Å². The molecule has 4 heteroatoms. The molecule has 0 aromatic heterocycles. The summed E-state index contributed by atoms with van der Waals surface area (Å²) in [6, 6.07) is 8.47. The largest absolute Gasteiger partial charge is 0.349 e. The lowest BCUT2D eigenvalue weighted by Crippen LogP contribution is -2.53. The first kappa shape index (κ1) is 16.0. The topological polar surface area (TPSA) is 29.1 Å². The maximum Gasteiger partial charge on any atom is 0.223 e. The van der Waals surface area contributed by atoms with Gasteiger partial charge in [-0.1, -0.05) is 63.0 Å². The minimum Gasteiger partial charge on any atom is -0.349 e. The van der Waals surface area contributed by atoms with Crippen molar-refractivity contribution in [3.05, 3.63) is 35.4 Å². The second kappa shape index (κ2) is 7.08. The van der Waals surface area contributed by atoms with E-state index in [0.29, 0.717) is 0 Å². The van der Waals surface area contributed by atoms with Crippen LogP contribution >= 0.6 is 31.9 Å². The van der Waals surface area contributed by atoms with Crippen LogP contribution in [0.1, 0.15) is 30.9 Å². The summed E-state index contributed by atoms with van der Waals surface area (Å²) in [5.74, 6) is 0.300. The van der Waals surface area contributed by atoms with Crippen molar-refractivity contribution in [2.45, 2.75) is 38.1 Å². The van der Waals surface area contributed by atoms with Crippen LogP contribution < -0.4 is 5.32 Å².